The maximum absolute atomic E-state index is 13.6. The lowest BCUT2D eigenvalue weighted by molar-refractivity contribution is 0.202. The van der Waals surface area contributed by atoms with Crippen molar-refractivity contribution in [3.63, 3.8) is 0 Å². The molecule has 2 nitrogen and oxygen atoms in total. The van der Waals surface area contributed by atoms with E-state index in [4.69, 9.17) is 16.7 Å². The molecule has 1 aromatic carbocycles. The fraction of sp³-hybridized carbons (Fsp3) is 0.333. The molecule has 0 aliphatic rings. The average Bonchev–Trinajstić information content (AvgIpc) is 2.25. The first-order valence-electron chi connectivity index (χ1n) is 5.06. The highest BCUT2D eigenvalue weighted by atomic mass is 35.5. The Morgan fingerprint density at radius 3 is 2.88 bits per heavy atom. The van der Waals surface area contributed by atoms with E-state index in [1.807, 2.05) is 4.90 Å². The third-order valence-electron chi connectivity index (χ3n) is 2.23. The lowest BCUT2D eigenvalue weighted by atomic mass is 10.2. The van der Waals surface area contributed by atoms with Gasteiger partial charge < -0.3 is 5.11 Å². The predicted octanol–water partition coefficient (Wildman–Crippen LogP) is 2.46. The zero-order valence-electron chi connectivity index (χ0n) is 9.00. The molecule has 0 saturated carbocycles. The van der Waals surface area contributed by atoms with Crippen molar-refractivity contribution in [1.29, 1.82) is 0 Å². The summed E-state index contributed by atoms with van der Waals surface area (Å²) in [6.07, 6.45) is 1.72. The Morgan fingerprint density at radius 1 is 1.50 bits per heavy atom. The molecule has 0 aliphatic carbocycles. The van der Waals surface area contributed by atoms with Gasteiger partial charge in [-0.15, -0.1) is 6.58 Å². The van der Waals surface area contributed by atoms with Crippen LogP contribution in [-0.2, 0) is 6.54 Å². The minimum Gasteiger partial charge on any atom is -0.395 e. The van der Waals surface area contributed by atoms with Gasteiger partial charge >= 0.3 is 0 Å². The second kappa shape index (κ2) is 6.63. The first-order chi connectivity index (χ1) is 7.69. The minimum atomic E-state index is -0.392. The molecule has 0 fully saturated rings. The fourth-order valence-corrected chi connectivity index (χ4v) is 1.66. The summed E-state index contributed by atoms with van der Waals surface area (Å²) in [6.45, 7) is 5.16. The van der Waals surface area contributed by atoms with Gasteiger partial charge in [0, 0.05) is 25.2 Å². The third-order valence-corrected chi connectivity index (χ3v) is 2.52. The molecule has 0 aliphatic heterocycles. The maximum Gasteiger partial charge on any atom is 0.146 e. The number of benzene rings is 1. The van der Waals surface area contributed by atoms with E-state index in [-0.39, 0.29) is 11.6 Å². The molecule has 1 N–H and O–H groups in total. The summed E-state index contributed by atoms with van der Waals surface area (Å²) in [7, 11) is 0. The number of hydrogen-bond acceptors (Lipinski definition) is 2. The van der Waals surface area contributed by atoms with Crippen molar-refractivity contribution in [2.45, 2.75) is 6.54 Å². The molecule has 0 heterocycles. The maximum atomic E-state index is 13.6. The van der Waals surface area contributed by atoms with E-state index < -0.39 is 5.82 Å². The van der Waals surface area contributed by atoms with Crippen molar-refractivity contribution in [2.24, 2.45) is 0 Å². The Hall–Kier alpha value is -0.900. The Kier molecular flexibility index (Phi) is 5.46. The largest absolute Gasteiger partial charge is 0.395 e. The van der Waals surface area contributed by atoms with Crippen LogP contribution in [0.3, 0.4) is 0 Å². The topological polar surface area (TPSA) is 23.5 Å². The second-order valence-corrected chi connectivity index (χ2v) is 3.87. The number of hydrogen-bond donors (Lipinski definition) is 1. The van der Waals surface area contributed by atoms with Crippen LogP contribution in [0.15, 0.2) is 30.9 Å². The second-order valence-electron chi connectivity index (χ2n) is 3.46. The Bertz CT molecular complexity index is 357. The lowest BCUT2D eigenvalue weighted by Gasteiger charge is -2.19. The van der Waals surface area contributed by atoms with E-state index in [9.17, 15) is 4.39 Å². The molecular formula is C12H15ClFNO. The standard InChI is InChI=1S/C12H15ClFNO/c1-2-6-15(7-8-16)9-10-4-3-5-11(13)12(10)14/h2-5,16H,1,6-9H2. The van der Waals surface area contributed by atoms with Crippen LogP contribution in [0.5, 0.6) is 0 Å². The van der Waals surface area contributed by atoms with Crippen LogP contribution in [0.25, 0.3) is 0 Å². The van der Waals surface area contributed by atoms with E-state index in [2.05, 4.69) is 6.58 Å². The number of aliphatic hydroxyl groups is 1. The number of halogens is 2. The highest BCUT2D eigenvalue weighted by Gasteiger charge is 2.09. The van der Waals surface area contributed by atoms with E-state index in [0.717, 1.165) is 0 Å². The van der Waals surface area contributed by atoms with Crippen molar-refractivity contribution in [1.82, 2.24) is 4.90 Å². The molecule has 0 radical (unpaired) electrons. The van der Waals surface area contributed by atoms with Gasteiger partial charge in [-0.25, -0.2) is 4.39 Å². The summed E-state index contributed by atoms with van der Waals surface area (Å²) < 4.78 is 13.6. The zero-order chi connectivity index (χ0) is 12.0. The molecule has 0 amide bonds. The highest BCUT2D eigenvalue weighted by Crippen LogP contribution is 2.19. The van der Waals surface area contributed by atoms with Crippen LogP contribution in [0, 0.1) is 5.82 Å². The van der Waals surface area contributed by atoms with Crippen LogP contribution in [0.2, 0.25) is 5.02 Å². The molecule has 0 unspecified atom stereocenters. The normalized spacial score (nSPS) is 10.8. The van der Waals surface area contributed by atoms with Crippen LogP contribution < -0.4 is 0 Å². The van der Waals surface area contributed by atoms with Gasteiger partial charge in [0.1, 0.15) is 5.82 Å². The van der Waals surface area contributed by atoms with E-state index in [1.165, 1.54) is 6.07 Å². The van der Waals surface area contributed by atoms with Crippen molar-refractivity contribution < 1.29 is 9.50 Å². The van der Waals surface area contributed by atoms with E-state index in [1.54, 1.807) is 18.2 Å². The number of rotatable bonds is 6. The van der Waals surface area contributed by atoms with Gasteiger partial charge in [-0.2, -0.15) is 0 Å². The molecule has 0 atom stereocenters. The molecule has 88 valence electrons. The van der Waals surface area contributed by atoms with Crippen molar-refractivity contribution in [3.05, 3.63) is 47.3 Å². The SMILES string of the molecule is C=CCN(CCO)Cc1cccc(Cl)c1F. The van der Waals surface area contributed by atoms with Crippen molar-refractivity contribution in [2.75, 3.05) is 19.7 Å². The summed E-state index contributed by atoms with van der Waals surface area (Å²) in [5.41, 5.74) is 0.530. The van der Waals surface area contributed by atoms with Gasteiger partial charge in [0.25, 0.3) is 0 Å². The van der Waals surface area contributed by atoms with Crippen LogP contribution >= 0.6 is 11.6 Å². The molecule has 1 rings (SSSR count). The summed E-state index contributed by atoms with van der Waals surface area (Å²) in [5.74, 6) is -0.392. The lowest BCUT2D eigenvalue weighted by Crippen LogP contribution is -2.27. The molecule has 1 aromatic rings. The average molecular weight is 244 g/mol. The molecule has 0 bridgehead atoms. The van der Waals surface area contributed by atoms with Crippen molar-refractivity contribution in [3.8, 4) is 0 Å². The van der Waals surface area contributed by atoms with Gasteiger partial charge in [0.2, 0.25) is 0 Å². The van der Waals surface area contributed by atoms with Crippen LogP contribution in [0.4, 0.5) is 4.39 Å². The summed E-state index contributed by atoms with van der Waals surface area (Å²) in [4.78, 5) is 1.89. The predicted molar refractivity (Wildman–Crippen MR) is 64.0 cm³/mol. The smallest absolute Gasteiger partial charge is 0.146 e. The molecule has 0 spiro atoms. The minimum absolute atomic E-state index is 0.0377. The molecule has 4 heteroatoms. The molecule has 16 heavy (non-hydrogen) atoms. The summed E-state index contributed by atoms with van der Waals surface area (Å²) in [6, 6.07) is 4.92. The Labute approximate surface area is 100.0 Å². The monoisotopic (exact) mass is 243 g/mol. The highest BCUT2D eigenvalue weighted by molar-refractivity contribution is 6.30. The Balaban J connectivity index is 2.76. The van der Waals surface area contributed by atoms with Gasteiger partial charge in [0.05, 0.1) is 11.6 Å². The van der Waals surface area contributed by atoms with Crippen LogP contribution in [-0.4, -0.2) is 29.7 Å². The first-order valence-corrected chi connectivity index (χ1v) is 5.43. The first kappa shape index (κ1) is 13.2. The Morgan fingerprint density at radius 2 is 2.25 bits per heavy atom. The zero-order valence-corrected chi connectivity index (χ0v) is 9.75. The van der Waals surface area contributed by atoms with Gasteiger partial charge in [-0.3, -0.25) is 4.90 Å². The van der Waals surface area contributed by atoms with Crippen molar-refractivity contribution >= 4 is 11.6 Å². The number of aliphatic hydroxyl groups excluding tert-OH is 1. The van der Waals surface area contributed by atoms with E-state index in [0.29, 0.717) is 25.2 Å². The van der Waals surface area contributed by atoms with E-state index >= 15 is 0 Å². The number of nitrogens with zero attached hydrogens (tertiary/aromatic N) is 1. The van der Waals surface area contributed by atoms with Gasteiger partial charge in [-0.05, 0) is 6.07 Å². The summed E-state index contributed by atoms with van der Waals surface area (Å²) in [5, 5.41) is 8.99. The molecular weight excluding hydrogens is 229 g/mol. The fourth-order valence-electron chi connectivity index (χ4n) is 1.47. The summed E-state index contributed by atoms with van der Waals surface area (Å²) >= 11 is 5.69. The van der Waals surface area contributed by atoms with Gasteiger partial charge in [0.15, 0.2) is 0 Å². The molecule has 0 aromatic heterocycles. The van der Waals surface area contributed by atoms with Crippen LogP contribution in [0.1, 0.15) is 5.56 Å². The van der Waals surface area contributed by atoms with Gasteiger partial charge in [-0.1, -0.05) is 29.8 Å². The molecule has 0 saturated heterocycles. The quantitative estimate of drug-likeness (QED) is 0.776. The third kappa shape index (κ3) is 3.59.